The maximum Gasteiger partial charge on any atom is 0.326 e. The molecule has 2 amide bonds. The zero-order valence-electron chi connectivity index (χ0n) is 16.1. The van der Waals surface area contributed by atoms with Gasteiger partial charge in [-0.05, 0) is 29.8 Å². The molecule has 1 heterocycles. The molecule has 0 bridgehead atoms. The number of ether oxygens (including phenoxy) is 3. The van der Waals surface area contributed by atoms with E-state index in [9.17, 15) is 14.4 Å². The minimum atomic E-state index is -0.617. The van der Waals surface area contributed by atoms with Gasteiger partial charge in [-0.15, -0.1) is 0 Å². The van der Waals surface area contributed by atoms with Crippen molar-refractivity contribution in [2.75, 3.05) is 26.9 Å². The van der Waals surface area contributed by atoms with Crippen LogP contribution in [0.4, 0.5) is 4.79 Å². The molecule has 1 aromatic rings. The molecule has 0 saturated carbocycles. The third kappa shape index (κ3) is 5.39. The molecule has 150 valence electrons. The molecule has 0 unspecified atom stereocenters. The smallest absolute Gasteiger partial charge is 0.326 e. The van der Waals surface area contributed by atoms with E-state index in [4.69, 9.17) is 14.2 Å². The van der Waals surface area contributed by atoms with Crippen LogP contribution in [0.2, 0.25) is 0 Å². The number of benzene rings is 1. The van der Waals surface area contributed by atoms with E-state index >= 15 is 0 Å². The van der Waals surface area contributed by atoms with E-state index in [2.05, 4.69) is 6.58 Å². The highest BCUT2D eigenvalue weighted by Gasteiger charge is 2.37. The molecule has 1 aliphatic heterocycles. The molecular formula is C20H23NO6S. The van der Waals surface area contributed by atoms with Crippen molar-refractivity contribution in [1.82, 2.24) is 4.90 Å². The van der Waals surface area contributed by atoms with Crippen molar-refractivity contribution in [3.8, 4) is 11.5 Å². The highest BCUT2D eigenvalue weighted by atomic mass is 32.2. The van der Waals surface area contributed by atoms with Crippen molar-refractivity contribution in [3.63, 3.8) is 0 Å². The monoisotopic (exact) mass is 405 g/mol. The molecule has 0 N–H and O–H groups in total. The average molecular weight is 405 g/mol. The molecule has 28 heavy (non-hydrogen) atoms. The number of hydrogen-bond acceptors (Lipinski definition) is 7. The Kier molecular flexibility index (Phi) is 7.69. The van der Waals surface area contributed by atoms with E-state index in [0.717, 1.165) is 16.7 Å². The fourth-order valence-corrected chi connectivity index (χ4v) is 3.14. The van der Waals surface area contributed by atoms with Crippen molar-refractivity contribution in [3.05, 3.63) is 41.3 Å². The zero-order valence-corrected chi connectivity index (χ0v) is 16.9. The molecular weight excluding hydrogens is 382 g/mol. The molecule has 0 aromatic heterocycles. The summed E-state index contributed by atoms with van der Waals surface area (Å²) in [4.78, 5) is 37.7. The number of rotatable bonds is 9. The summed E-state index contributed by atoms with van der Waals surface area (Å²) in [6, 6.07) is 5.22. The summed E-state index contributed by atoms with van der Waals surface area (Å²) in [5.74, 6) is -0.0661. The van der Waals surface area contributed by atoms with Gasteiger partial charge in [-0.2, -0.15) is 0 Å². The first-order valence-electron chi connectivity index (χ1n) is 8.69. The van der Waals surface area contributed by atoms with E-state index in [0.29, 0.717) is 17.1 Å². The Bertz CT molecular complexity index is 802. The highest BCUT2D eigenvalue weighted by molar-refractivity contribution is 8.18. The summed E-state index contributed by atoms with van der Waals surface area (Å²) in [6.07, 6.45) is 3.14. The second-order valence-corrected chi connectivity index (χ2v) is 7.32. The number of imide groups is 1. The molecule has 0 spiro atoms. The minimum Gasteiger partial charge on any atom is -0.493 e. The van der Waals surface area contributed by atoms with Gasteiger partial charge in [-0.3, -0.25) is 19.3 Å². The van der Waals surface area contributed by atoms with Crippen molar-refractivity contribution in [2.45, 2.75) is 13.8 Å². The van der Waals surface area contributed by atoms with Crippen molar-refractivity contribution >= 4 is 35.0 Å². The van der Waals surface area contributed by atoms with Crippen molar-refractivity contribution < 1.29 is 28.6 Å². The van der Waals surface area contributed by atoms with Gasteiger partial charge in [0.2, 0.25) is 0 Å². The third-order valence-corrected chi connectivity index (χ3v) is 4.51. The van der Waals surface area contributed by atoms with Crippen LogP contribution in [0.25, 0.3) is 6.08 Å². The first kappa shape index (κ1) is 21.6. The van der Waals surface area contributed by atoms with Gasteiger partial charge >= 0.3 is 5.97 Å². The van der Waals surface area contributed by atoms with Crippen LogP contribution >= 0.6 is 11.8 Å². The molecule has 0 radical (unpaired) electrons. The molecule has 0 atom stereocenters. The van der Waals surface area contributed by atoms with Gasteiger partial charge in [0.05, 0.1) is 18.6 Å². The second-order valence-electron chi connectivity index (χ2n) is 6.32. The van der Waals surface area contributed by atoms with Crippen LogP contribution in [-0.2, 0) is 14.3 Å². The Morgan fingerprint density at radius 3 is 2.71 bits per heavy atom. The summed E-state index contributed by atoms with van der Waals surface area (Å²) >= 11 is 0.763. The number of carbonyl (C=O) groups excluding carboxylic acids is 3. The quantitative estimate of drug-likeness (QED) is 0.353. The Morgan fingerprint density at radius 2 is 2.07 bits per heavy atom. The summed E-state index contributed by atoms with van der Waals surface area (Å²) in [5.41, 5.74) is 0.578. The number of esters is 1. The number of para-hydroxylation sites is 1. The van der Waals surface area contributed by atoms with Crippen molar-refractivity contribution in [1.29, 1.82) is 0 Å². The predicted octanol–water partition coefficient (Wildman–Crippen LogP) is 3.50. The van der Waals surface area contributed by atoms with Crippen LogP contribution in [0.1, 0.15) is 19.4 Å². The lowest BCUT2D eigenvalue weighted by molar-refractivity contribution is -0.147. The lowest BCUT2D eigenvalue weighted by Gasteiger charge is -2.13. The molecule has 2 rings (SSSR count). The normalized spacial score (nSPS) is 15.3. The fourth-order valence-electron chi connectivity index (χ4n) is 2.32. The number of carbonyl (C=O) groups is 3. The molecule has 1 fully saturated rings. The molecule has 1 saturated heterocycles. The van der Waals surface area contributed by atoms with Crippen LogP contribution in [0.3, 0.4) is 0 Å². The topological polar surface area (TPSA) is 82.1 Å². The van der Waals surface area contributed by atoms with Crippen LogP contribution in [0.15, 0.2) is 35.8 Å². The predicted molar refractivity (Wildman–Crippen MR) is 107 cm³/mol. The number of hydrogen-bond donors (Lipinski definition) is 0. The Balaban J connectivity index is 2.21. The number of thioether (sulfide) groups is 1. The largest absolute Gasteiger partial charge is 0.493 e. The SMILES string of the molecule is C=CCOc1c(/C=C2\SC(=O)N(CC(=O)OCC(C)C)C2=O)cccc1OC. The van der Waals surface area contributed by atoms with Crippen LogP contribution in [-0.4, -0.2) is 48.9 Å². The summed E-state index contributed by atoms with van der Waals surface area (Å²) < 4.78 is 16.0. The van der Waals surface area contributed by atoms with Gasteiger partial charge in [0, 0.05) is 5.56 Å². The number of nitrogens with zero attached hydrogens (tertiary/aromatic N) is 1. The first-order chi connectivity index (χ1) is 13.4. The Labute approximate surface area is 168 Å². The summed E-state index contributed by atoms with van der Waals surface area (Å²) in [6.45, 7) is 7.49. The molecule has 0 aliphatic carbocycles. The minimum absolute atomic E-state index is 0.167. The highest BCUT2D eigenvalue weighted by Crippen LogP contribution is 2.37. The Morgan fingerprint density at radius 1 is 1.32 bits per heavy atom. The maximum absolute atomic E-state index is 12.6. The summed E-state index contributed by atoms with van der Waals surface area (Å²) in [7, 11) is 1.51. The van der Waals surface area contributed by atoms with Gasteiger partial charge in [-0.25, -0.2) is 0 Å². The van der Waals surface area contributed by atoms with Gasteiger partial charge in [0.25, 0.3) is 11.1 Å². The second kappa shape index (κ2) is 9.98. The zero-order chi connectivity index (χ0) is 20.7. The molecule has 1 aromatic carbocycles. The lowest BCUT2D eigenvalue weighted by atomic mass is 10.1. The lowest BCUT2D eigenvalue weighted by Crippen LogP contribution is -2.34. The maximum atomic E-state index is 12.6. The van der Waals surface area contributed by atoms with Gasteiger partial charge in [0.15, 0.2) is 11.5 Å². The summed E-state index contributed by atoms with van der Waals surface area (Å²) in [5, 5.41) is -0.519. The first-order valence-corrected chi connectivity index (χ1v) is 9.50. The van der Waals surface area contributed by atoms with Crippen molar-refractivity contribution in [2.24, 2.45) is 5.92 Å². The molecule has 8 heteroatoms. The van der Waals surface area contributed by atoms with E-state index < -0.39 is 23.7 Å². The number of amides is 2. The van der Waals surface area contributed by atoms with Gasteiger partial charge in [0.1, 0.15) is 13.2 Å². The Hall–Kier alpha value is -2.74. The fraction of sp³-hybridized carbons (Fsp3) is 0.350. The third-order valence-electron chi connectivity index (χ3n) is 3.60. The van der Waals surface area contributed by atoms with Crippen LogP contribution in [0.5, 0.6) is 11.5 Å². The average Bonchev–Trinajstić information content (AvgIpc) is 2.92. The van der Waals surface area contributed by atoms with E-state index in [1.807, 2.05) is 13.8 Å². The van der Waals surface area contributed by atoms with Crippen LogP contribution < -0.4 is 9.47 Å². The van der Waals surface area contributed by atoms with E-state index in [1.165, 1.54) is 7.11 Å². The van der Waals surface area contributed by atoms with Crippen LogP contribution in [0, 0.1) is 5.92 Å². The number of methoxy groups -OCH3 is 1. The standard InChI is InChI=1S/C20H23NO6S/c1-5-9-26-18-14(7-6-8-15(18)25-4)10-16-19(23)21(20(24)28-16)11-17(22)27-12-13(2)3/h5-8,10,13H,1,9,11-12H2,2-4H3/b16-10-. The molecule has 1 aliphatic rings. The van der Waals surface area contributed by atoms with Gasteiger partial charge in [-0.1, -0.05) is 38.6 Å². The van der Waals surface area contributed by atoms with Gasteiger partial charge < -0.3 is 14.2 Å². The molecule has 7 nitrogen and oxygen atoms in total. The van der Waals surface area contributed by atoms with E-state index in [1.54, 1.807) is 30.4 Å². The van der Waals surface area contributed by atoms with E-state index in [-0.39, 0.29) is 24.0 Å².